The predicted molar refractivity (Wildman–Crippen MR) is 114 cm³/mol. The van der Waals surface area contributed by atoms with Crippen molar-refractivity contribution in [2.24, 2.45) is 0 Å². The van der Waals surface area contributed by atoms with Crippen molar-refractivity contribution in [2.75, 3.05) is 11.1 Å². The molecule has 7 heteroatoms. The number of halogens is 1. The molecule has 1 aliphatic rings. The van der Waals surface area contributed by atoms with Crippen LogP contribution in [0.5, 0.6) is 0 Å². The molecule has 1 N–H and O–H groups in total. The van der Waals surface area contributed by atoms with Gasteiger partial charge in [0.2, 0.25) is 5.91 Å². The summed E-state index contributed by atoms with van der Waals surface area (Å²) in [4.78, 5) is 24.2. The average Bonchev–Trinajstić information content (AvgIpc) is 3.16. The molecule has 0 spiro atoms. The van der Waals surface area contributed by atoms with Gasteiger partial charge in [-0.2, -0.15) is 0 Å². The summed E-state index contributed by atoms with van der Waals surface area (Å²) in [5.41, 5.74) is 4.12. The van der Waals surface area contributed by atoms with Crippen molar-refractivity contribution < 1.29 is 4.79 Å². The molecule has 140 valence electrons. The molecule has 2 heterocycles. The maximum atomic E-state index is 12.5. The highest BCUT2D eigenvalue weighted by molar-refractivity contribution is 8.00. The fourth-order valence-electron chi connectivity index (χ4n) is 3.55. The van der Waals surface area contributed by atoms with Crippen molar-refractivity contribution in [1.82, 2.24) is 9.97 Å². The van der Waals surface area contributed by atoms with Gasteiger partial charge in [-0.15, -0.1) is 11.3 Å². The highest BCUT2D eigenvalue weighted by Crippen LogP contribution is 2.40. The minimum atomic E-state index is -0.0786. The first-order valence-electron chi connectivity index (χ1n) is 8.90. The fourth-order valence-corrected chi connectivity index (χ4v) is 6.19. The maximum absolute atomic E-state index is 12.5. The van der Waals surface area contributed by atoms with Crippen molar-refractivity contribution in [3.8, 4) is 0 Å². The van der Waals surface area contributed by atoms with Gasteiger partial charge in [0.15, 0.2) is 0 Å². The Kier molecular flexibility index (Phi) is 5.14. The van der Waals surface area contributed by atoms with Crippen molar-refractivity contribution in [2.45, 2.75) is 45.1 Å². The summed E-state index contributed by atoms with van der Waals surface area (Å²) in [7, 11) is 0. The van der Waals surface area contributed by atoms with E-state index in [9.17, 15) is 4.79 Å². The maximum Gasteiger partial charge on any atom is 0.234 e. The number of hydrogen-bond acceptors (Lipinski definition) is 5. The fraction of sp³-hybridized carbons (Fsp3) is 0.350. The van der Waals surface area contributed by atoms with Crippen LogP contribution in [0.2, 0.25) is 5.02 Å². The van der Waals surface area contributed by atoms with Crippen molar-refractivity contribution in [1.29, 1.82) is 0 Å². The molecule has 3 aromatic rings. The Balaban J connectivity index is 1.55. The number of thiophene rings is 1. The quantitative estimate of drug-likeness (QED) is 0.450. The topological polar surface area (TPSA) is 54.9 Å². The third-order valence-corrected chi connectivity index (χ3v) is 7.14. The van der Waals surface area contributed by atoms with Crippen LogP contribution in [-0.2, 0) is 17.6 Å². The molecule has 1 amide bonds. The number of rotatable bonds is 4. The summed E-state index contributed by atoms with van der Waals surface area (Å²) < 4.78 is 0. The van der Waals surface area contributed by atoms with Crippen LogP contribution in [0.4, 0.5) is 5.69 Å². The number of aryl methyl sites for hydroxylation is 5. The van der Waals surface area contributed by atoms with Gasteiger partial charge < -0.3 is 5.32 Å². The van der Waals surface area contributed by atoms with E-state index in [0.29, 0.717) is 16.5 Å². The number of nitrogens with zero attached hydrogens (tertiary/aromatic N) is 2. The number of benzene rings is 1. The van der Waals surface area contributed by atoms with Gasteiger partial charge in [0.1, 0.15) is 15.7 Å². The summed E-state index contributed by atoms with van der Waals surface area (Å²) >= 11 is 9.56. The standard InChI is InChI=1S/C20H20ClN3OS2/c1-10-7-11(2)18(14(21)8-10)24-16(25)9-26-19-17-13-5-4-6-15(13)27-20(17)23-12(3)22-19/h7-8H,4-6,9H2,1-3H3,(H,24,25). The summed E-state index contributed by atoms with van der Waals surface area (Å²) in [5, 5.41) is 5.59. The lowest BCUT2D eigenvalue weighted by atomic mass is 10.1. The zero-order valence-electron chi connectivity index (χ0n) is 15.5. The van der Waals surface area contributed by atoms with Crippen molar-refractivity contribution >= 4 is 56.5 Å². The van der Waals surface area contributed by atoms with Crippen LogP contribution in [0.25, 0.3) is 10.2 Å². The number of thioether (sulfide) groups is 1. The normalized spacial score (nSPS) is 13.2. The van der Waals surface area contributed by atoms with Gasteiger partial charge in [0.25, 0.3) is 0 Å². The third-order valence-electron chi connectivity index (χ3n) is 4.68. The molecule has 1 aliphatic carbocycles. The SMILES string of the molecule is Cc1cc(C)c(NC(=O)CSc2nc(C)nc3sc4c(c23)CCC4)c(Cl)c1. The molecule has 1 aromatic carbocycles. The van der Waals surface area contributed by atoms with Crippen LogP contribution in [0.15, 0.2) is 17.2 Å². The lowest BCUT2D eigenvalue weighted by Crippen LogP contribution is -2.15. The molecule has 0 bridgehead atoms. The first-order valence-corrected chi connectivity index (χ1v) is 11.1. The zero-order chi connectivity index (χ0) is 19.1. The lowest BCUT2D eigenvalue weighted by Gasteiger charge is -2.11. The molecular formula is C20H20ClN3OS2. The van der Waals surface area contributed by atoms with Crippen molar-refractivity contribution in [3.63, 3.8) is 0 Å². The zero-order valence-corrected chi connectivity index (χ0v) is 17.9. The molecular weight excluding hydrogens is 398 g/mol. The summed E-state index contributed by atoms with van der Waals surface area (Å²) in [6.07, 6.45) is 3.41. The van der Waals surface area contributed by atoms with Gasteiger partial charge >= 0.3 is 0 Å². The van der Waals surface area contributed by atoms with Crippen molar-refractivity contribution in [3.05, 3.63) is 44.5 Å². The smallest absolute Gasteiger partial charge is 0.234 e. The highest BCUT2D eigenvalue weighted by Gasteiger charge is 2.22. The van der Waals surface area contributed by atoms with Gasteiger partial charge in [0.05, 0.1) is 16.5 Å². The van der Waals surface area contributed by atoms with Crippen LogP contribution in [0, 0.1) is 20.8 Å². The van der Waals surface area contributed by atoms with E-state index in [1.807, 2.05) is 32.9 Å². The number of hydrogen-bond donors (Lipinski definition) is 1. The average molecular weight is 418 g/mol. The molecule has 0 unspecified atom stereocenters. The lowest BCUT2D eigenvalue weighted by molar-refractivity contribution is -0.113. The highest BCUT2D eigenvalue weighted by atomic mass is 35.5. The van der Waals surface area contributed by atoms with Gasteiger partial charge in [-0.3, -0.25) is 4.79 Å². The van der Waals surface area contributed by atoms with Gasteiger partial charge in [-0.05, 0) is 62.8 Å². The largest absolute Gasteiger partial charge is 0.324 e. The number of nitrogens with one attached hydrogen (secondary N) is 1. The predicted octanol–water partition coefficient (Wildman–Crippen LogP) is 5.49. The van der Waals surface area contributed by atoms with Crippen LogP contribution in [0.3, 0.4) is 0 Å². The molecule has 0 radical (unpaired) electrons. The Bertz CT molecular complexity index is 1040. The van der Waals surface area contributed by atoms with E-state index in [-0.39, 0.29) is 5.91 Å². The monoisotopic (exact) mass is 417 g/mol. The molecule has 4 rings (SSSR count). The Hall–Kier alpha value is -1.63. The Morgan fingerprint density at radius 1 is 1.26 bits per heavy atom. The molecule has 4 nitrogen and oxygen atoms in total. The molecule has 0 atom stereocenters. The van der Waals surface area contributed by atoms with Crippen LogP contribution < -0.4 is 5.32 Å². The van der Waals surface area contributed by atoms with E-state index in [0.717, 1.165) is 45.0 Å². The third kappa shape index (κ3) is 3.71. The number of carbonyl (C=O) groups excluding carboxylic acids is 1. The minimum absolute atomic E-state index is 0.0786. The van der Waals surface area contributed by atoms with Gasteiger partial charge in [-0.1, -0.05) is 29.4 Å². The molecule has 0 fully saturated rings. The van der Waals surface area contributed by atoms with Crippen LogP contribution in [0.1, 0.15) is 33.8 Å². The summed E-state index contributed by atoms with van der Waals surface area (Å²) in [6, 6.07) is 3.88. The second kappa shape index (κ2) is 7.41. The molecule has 2 aromatic heterocycles. The van der Waals surface area contributed by atoms with E-state index in [2.05, 4.69) is 15.3 Å². The summed E-state index contributed by atoms with van der Waals surface area (Å²) in [5.74, 6) is 0.965. The molecule has 27 heavy (non-hydrogen) atoms. The van der Waals surface area contributed by atoms with Crippen LogP contribution >= 0.6 is 34.7 Å². The van der Waals surface area contributed by atoms with E-state index < -0.39 is 0 Å². The van der Waals surface area contributed by atoms with Gasteiger partial charge in [0, 0.05) is 10.3 Å². The Morgan fingerprint density at radius 2 is 2.07 bits per heavy atom. The van der Waals surface area contributed by atoms with E-state index >= 15 is 0 Å². The number of aromatic nitrogens is 2. The number of anilines is 1. The number of amides is 1. The van der Waals surface area contributed by atoms with E-state index in [1.54, 1.807) is 11.3 Å². The molecule has 0 saturated heterocycles. The number of carbonyl (C=O) groups is 1. The first kappa shape index (κ1) is 18.7. The van der Waals surface area contributed by atoms with E-state index in [4.69, 9.17) is 11.6 Å². The Labute approximate surface area is 171 Å². The Morgan fingerprint density at radius 3 is 2.85 bits per heavy atom. The molecule has 0 saturated carbocycles. The van der Waals surface area contributed by atoms with Gasteiger partial charge in [-0.25, -0.2) is 9.97 Å². The second-order valence-electron chi connectivity index (χ2n) is 6.89. The first-order chi connectivity index (χ1) is 12.9. The van der Waals surface area contributed by atoms with E-state index in [1.165, 1.54) is 28.6 Å². The molecule has 0 aliphatic heterocycles. The van der Waals surface area contributed by atoms with Crippen LogP contribution in [-0.4, -0.2) is 21.6 Å². The second-order valence-corrected chi connectivity index (χ2v) is 9.34. The number of fused-ring (bicyclic) bond motifs is 3. The minimum Gasteiger partial charge on any atom is -0.324 e. The summed E-state index contributed by atoms with van der Waals surface area (Å²) in [6.45, 7) is 5.85.